The molecular weight excluding hydrogens is 268 g/mol. The summed E-state index contributed by atoms with van der Waals surface area (Å²) in [6.07, 6.45) is 3.40. The number of aromatic nitrogens is 3. The smallest absolute Gasteiger partial charge is 0.409 e. The molecule has 1 fully saturated rings. The second-order valence-corrected chi connectivity index (χ2v) is 5.29. The monoisotopic (exact) mass is 288 g/mol. The van der Waals surface area contributed by atoms with Gasteiger partial charge in [0.15, 0.2) is 5.65 Å². The highest BCUT2D eigenvalue weighted by molar-refractivity contribution is 5.71. The Balaban J connectivity index is 1.77. The van der Waals surface area contributed by atoms with E-state index in [0.29, 0.717) is 12.6 Å². The molecule has 0 saturated carbocycles. The molecule has 0 bridgehead atoms. The Labute approximate surface area is 123 Å². The van der Waals surface area contributed by atoms with Crippen molar-refractivity contribution in [2.24, 2.45) is 0 Å². The number of carbonyl (C=O) groups excluding carboxylic acids is 1. The average Bonchev–Trinajstić information content (AvgIpc) is 2.83. The van der Waals surface area contributed by atoms with Crippen LogP contribution >= 0.6 is 0 Å². The van der Waals surface area contributed by atoms with Gasteiger partial charge in [-0.25, -0.2) is 14.8 Å². The Kier molecular flexibility index (Phi) is 3.77. The summed E-state index contributed by atoms with van der Waals surface area (Å²) in [6, 6.07) is 4.23. The molecule has 21 heavy (non-hydrogen) atoms. The Morgan fingerprint density at radius 1 is 1.43 bits per heavy atom. The summed E-state index contributed by atoms with van der Waals surface area (Å²) < 4.78 is 7.26. The number of nitrogens with zero attached hydrogens (tertiary/aromatic N) is 4. The molecule has 6 nitrogen and oxygen atoms in total. The molecule has 0 radical (unpaired) electrons. The van der Waals surface area contributed by atoms with Crippen LogP contribution in [0.25, 0.3) is 11.2 Å². The van der Waals surface area contributed by atoms with Crippen LogP contribution in [-0.2, 0) is 4.74 Å². The largest absolute Gasteiger partial charge is 0.450 e. The van der Waals surface area contributed by atoms with Crippen molar-refractivity contribution in [3.05, 3.63) is 24.2 Å². The van der Waals surface area contributed by atoms with Gasteiger partial charge in [-0.3, -0.25) is 0 Å². The van der Waals surface area contributed by atoms with Gasteiger partial charge in [0.25, 0.3) is 0 Å². The normalized spacial score (nSPS) is 16.4. The summed E-state index contributed by atoms with van der Waals surface area (Å²) in [6.45, 7) is 5.70. The van der Waals surface area contributed by atoms with Crippen LogP contribution in [-0.4, -0.2) is 45.2 Å². The van der Waals surface area contributed by atoms with Gasteiger partial charge in [-0.05, 0) is 38.8 Å². The zero-order chi connectivity index (χ0) is 14.8. The van der Waals surface area contributed by atoms with Crippen LogP contribution in [0.2, 0.25) is 0 Å². The highest BCUT2D eigenvalue weighted by Crippen LogP contribution is 2.27. The zero-order valence-electron chi connectivity index (χ0n) is 12.5. The van der Waals surface area contributed by atoms with Crippen molar-refractivity contribution < 1.29 is 9.53 Å². The van der Waals surface area contributed by atoms with Crippen LogP contribution in [0.5, 0.6) is 0 Å². The van der Waals surface area contributed by atoms with Crippen LogP contribution in [0.3, 0.4) is 0 Å². The van der Waals surface area contributed by atoms with E-state index in [1.54, 1.807) is 11.1 Å². The molecule has 0 atom stereocenters. The molecule has 1 aliphatic heterocycles. The Morgan fingerprint density at radius 3 is 2.90 bits per heavy atom. The van der Waals surface area contributed by atoms with E-state index in [9.17, 15) is 4.79 Å². The number of rotatable bonds is 2. The van der Waals surface area contributed by atoms with E-state index < -0.39 is 0 Å². The van der Waals surface area contributed by atoms with Crippen molar-refractivity contribution in [3.63, 3.8) is 0 Å². The van der Waals surface area contributed by atoms with E-state index in [0.717, 1.165) is 42.9 Å². The lowest BCUT2D eigenvalue weighted by Crippen LogP contribution is -2.39. The molecule has 0 unspecified atom stereocenters. The molecule has 1 aliphatic rings. The van der Waals surface area contributed by atoms with Crippen molar-refractivity contribution >= 4 is 17.3 Å². The van der Waals surface area contributed by atoms with Gasteiger partial charge in [-0.15, -0.1) is 0 Å². The summed E-state index contributed by atoms with van der Waals surface area (Å²) in [7, 11) is 0. The number of hydrogen-bond acceptors (Lipinski definition) is 4. The van der Waals surface area contributed by atoms with Gasteiger partial charge in [-0.1, -0.05) is 0 Å². The van der Waals surface area contributed by atoms with Crippen LogP contribution in [0.15, 0.2) is 18.3 Å². The first-order valence-electron chi connectivity index (χ1n) is 7.42. The third kappa shape index (κ3) is 2.57. The van der Waals surface area contributed by atoms with Gasteiger partial charge in [0.05, 0.1) is 6.61 Å². The fourth-order valence-corrected chi connectivity index (χ4v) is 3.00. The standard InChI is InChI=1S/C15H20N4O2/c1-3-21-15(20)18-9-6-12(7-10-18)19-11(2)17-13-5-4-8-16-14(13)19/h4-5,8,12H,3,6-7,9-10H2,1-2H3. The molecule has 112 valence electrons. The lowest BCUT2D eigenvalue weighted by atomic mass is 10.1. The maximum absolute atomic E-state index is 11.7. The fourth-order valence-electron chi connectivity index (χ4n) is 3.00. The predicted octanol–water partition coefficient (Wildman–Crippen LogP) is 2.53. The first kappa shape index (κ1) is 13.9. The third-order valence-electron chi connectivity index (χ3n) is 3.98. The number of aryl methyl sites for hydroxylation is 1. The number of likely N-dealkylation sites (tertiary alicyclic amines) is 1. The second kappa shape index (κ2) is 5.71. The van der Waals surface area contributed by atoms with Gasteiger partial charge in [-0.2, -0.15) is 0 Å². The quantitative estimate of drug-likeness (QED) is 0.852. The van der Waals surface area contributed by atoms with Crippen molar-refractivity contribution in [2.75, 3.05) is 19.7 Å². The van der Waals surface area contributed by atoms with E-state index in [1.165, 1.54) is 0 Å². The van der Waals surface area contributed by atoms with Gasteiger partial charge in [0, 0.05) is 25.3 Å². The number of imidazole rings is 1. The summed E-state index contributed by atoms with van der Waals surface area (Å²) in [5.74, 6) is 0.985. The number of amides is 1. The van der Waals surface area contributed by atoms with E-state index in [1.807, 2.05) is 26.0 Å². The van der Waals surface area contributed by atoms with Crippen molar-refractivity contribution in [2.45, 2.75) is 32.7 Å². The maximum Gasteiger partial charge on any atom is 0.409 e. The minimum absolute atomic E-state index is 0.207. The van der Waals surface area contributed by atoms with Crippen LogP contribution < -0.4 is 0 Å². The second-order valence-electron chi connectivity index (χ2n) is 5.29. The molecule has 6 heteroatoms. The number of piperidine rings is 1. The predicted molar refractivity (Wildman–Crippen MR) is 79.1 cm³/mol. The molecule has 1 saturated heterocycles. The Hall–Kier alpha value is -2.11. The molecule has 0 N–H and O–H groups in total. The summed E-state index contributed by atoms with van der Waals surface area (Å²) in [4.78, 5) is 22.5. The average molecular weight is 288 g/mol. The number of fused-ring (bicyclic) bond motifs is 1. The Morgan fingerprint density at radius 2 is 2.19 bits per heavy atom. The van der Waals surface area contributed by atoms with Crippen molar-refractivity contribution in [3.8, 4) is 0 Å². The summed E-state index contributed by atoms with van der Waals surface area (Å²) in [5, 5.41) is 0. The fraction of sp³-hybridized carbons (Fsp3) is 0.533. The number of hydrogen-bond donors (Lipinski definition) is 0. The lowest BCUT2D eigenvalue weighted by Gasteiger charge is -2.32. The van der Waals surface area contributed by atoms with Crippen molar-refractivity contribution in [1.29, 1.82) is 0 Å². The van der Waals surface area contributed by atoms with E-state index in [-0.39, 0.29) is 6.09 Å². The van der Waals surface area contributed by atoms with E-state index in [2.05, 4.69) is 14.5 Å². The number of pyridine rings is 1. The molecule has 3 rings (SSSR count). The zero-order valence-corrected chi connectivity index (χ0v) is 12.5. The molecule has 1 amide bonds. The van der Waals surface area contributed by atoms with Gasteiger partial charge in [0.1, 0.15) is 11.3 Å². The molecule has 0 aromatic carbocycles. The van der Waals surface area contributed by atoms with Crippen LogP contribution in [0, 0.1) is 6.92 Å². The minimum atomic E-state index is -0.207. The summed E-state index contributed by atoms with van der Waals surface area (Å²) >= 11 is 0. The topological polar surface area (TPSA) is 60.2 Å². The highest BCUT2D eigenvalue weighted by Gasteiger charge is 2.26. The first-order valence-corrected chi connectivity index (χ1v) is 7.42. The molecule has 0 aliphatic carbocycles. The van der Waals surface area contributed by atoms with Gasteiger partial charge < -0.3 is 14.2 Å². The molecule has 2 aromatic heterocycles. The minimum Gasteiger partial charge on any atom is -0.450 e. The molecule has 0 spiro atoms. The summed E-state index contributed by atoms with van der Waals surface area (Å²) in [5.41, 5.74) is 1.87. The van der Waals surface area contributed by atoms with E-state index in [4.69, 9.17) is 4.74 Å². The SMILES string of the molecule is CCOC(=O)N1CCC(n2c(C)nc3cccnc32)CC1. The van der Waals surface area contributed by atoms with Gasteiger partial charge >= 0.3 is 6.09 Å². The molecule has 3 heterocycles. The van der Waals surface area contributed by atoms with Gasteiger partial charge in [0.2, 0.25) is 0 Å². The lowest BCUT2D eigenvalue weighted by molar-refractivity contribution is 0.0928. The Bertz CT molecular complexity index is 644. The first-order chi connectivity index (χ1) is 10.2. The third-order valence-corrected chi connectivity index (χ3v) is 3.98. The number of ether oxygens (including phenoxy) is 1. The van der Waals surface area contributed by atoms with Crippen LogP contribution in [0.1, 0.15) is 31.6 Å². The maximum atomic E-state index is 11.7. The van der Waals surface area contributed by atoms with Crippen LogP contribution in [0.4, 0.5) is 4.79 Å². The molecule has 2 aromatic rings. The number of carbonyl (C=O) groups is 1. The highest BCUT2D eigenvalue weighted by atomic mass is 16.6. The molecular formula is C15H20N4O2. The van der Waals surface area contributed by atoms with E-state index >= 15 is 0 Å². The van der Waals surface area contributed by atoms with Crippen molar-refractivity contribution in [1.82, 2.24) is 19.4 Å².